The van der Waals surface area contributed by atoms with E-state index in [0.717, 1.165) is 25.7 Å². The van der Waals surface area contributed by atoms with E-state index in [-0.39, 0.29) is 15.4 Å². The van der Waals surface area contributed by atoms with Crippen molar-refractivity contribution in [1.82, 2.24) is 9.71 Å². The molecule has 5 nitrogen and oxygen atoms in total. The van der Waals surface area contributed by atoms with E-state index in [0.29, 0.717) is 5.69 Å². The second kappa shape index (κ2) is 5.15. The molecule has 1 saturated carbocycles. The molecule has 0 amide bonds. The molecule has 19 heavy (non-hydrogen) atoms. The van der Waals surface area contributed by atoms with Crippen LogP contribution in [-0.4, -0.2) is 23.9 Å². The highest BCUT2D eigenvalue weighted by Gasteiger charge is 2.33. The maximum Gasteiger partial charge on any atom is 0.242 e. The quantitative estimate of drug-likeness (QED) is 0.819. The third-order valence-corrected chi connectivity index (χ3v) is 5.22. The standard InChI is InChI=1S/C12H17N3O2S2/c1-12(6-2-3-7-12)15-19(16,17)9-4-5-10(11(13)18)14-8-9/h4-5,8,15H,2-3,6-7H2,1H3,(H2,13,18). The van der Waals surface area contributed by atoms with Crippen molar-refractivity contribution >= 4 is 27.2 Å². The summed E-state index contributed by atoms with van der Waals surface area (Å²) >= 11 is 4.78. The number of thiocarbonyl (C=S) groups is 1. The Morgan fingerprint density at radius 1 is 1.42 bits per heavy atom. The molecule has 1 aliphatic carbocycles. The molecule has 7 heteroatoms. The average molecular weight is 299 g/mol. The maximum absolute atomic E-state index is 12.3. The third kappa shape index (κ3) is 3.29. The fraction of sp³-hybridized carbons (Fsp3) is 0.500. The minimum Gasteiger partial charge on any atom is -0.388 e. The van der Waals surface area contributed by atoms with Crippen LogP contribution in [0.2, 0.25) is 0 Å². The third-order valence-electron chi connectivity index (χ3n) is 3.39. The molecule has 1 aromatic rings. The Morgan fingerprint density at radius 3 is 2.53 bits per heavy atom. The molecular formula is C12H17N3O2S2. The monoisotopic (exact) mass is 299 g/mol. The summed E-state index contributed by atoms with van der Waals surface area (Å²) in [6.45, 7) is 1.94. The van der Waals surface area contributed by atoms with E-state index in [1.807, 2.05) is 6.92 Å². The number of pyridine rings is 1. The van der Waals surface area contributed by atoms with Crippen molar-refractivity contribution < 1.29 is 8.42 Å². The van der Waals surface area contributed by atoms with Crippen molar-refractivity contribution in [3.05, 3.63) is 24.0 Å². The van der Waals surface area contributed by atoms with E-state index in [1.165, 1.54) is 18.3 Å². The minimum atomic E-state index is -3.54. The van der Waals surface area contributed by atoms with Crippen molar-refractivity contribution in [3.63, 3.8) is 0 Å². The largest absolute Gasteiger partial charge is 0.388 e. The Morgan fingerprint density at radius 2 is 2.05 bits per heavy atom. The first-order chi connectivity index (χ1) is 8.82. The fourth-order valence-electron chi connectivity index (χ4n) is 2.33. The van der Waals surface area contributed by atoms with Gasteiger partial charge in [0.15, 0.2) is 0 Å². The molecule has 0 unspecified atom stereocenters. The summed E-state index contributed by atoms with van der Waals surface area (Å²) in [5, 5.41) is 0. The lowest BCUT2D eigenvalue weighted by Gasteiger charge is -2.24. The Bertz CT molecular complexity index is 575. The van der Waals surface area contributed by atoms with E-state index in [4.69, 9.17) is 18.0 Å². The number of rotatable bonds is 4. The minimum absolute atomic E-state index is 0.139. The zero-order valence-corrected chi connectivity index (χ0v) is 12.4. The molecule has 1 heterocycles. The van der Waals surface area contributed by atoms with Gasteiger partial charge in [-0.1, -0.05) is 25.1 Å². The van der Waals surface area contributed by atoms with Gasteiger partial charge >= 0.3 is 0 Å². The van der Waals surface area contributed by atoms with Crippen LogP contribution in [0, 0.1) is 0 Å². The van der Waals surface area contributed by atoms with Crippen molar-refractivity contribution in [2.75, 3.05) is 0 Å². The van der Waals surface area contributed by atoms with Crippen LogP contribution in [0.25, 0.3) is 0 Å². The molecule has 0 aromatic carbocycles. The van der Waals surface area contributed by atoms with Gasteiger partial charge in [-0.05, 0) is 31.9 Å². The van der Waals surface area contributed by atoms with Gasteiger partial charge in [-0.2, -0.15) is 0 Å². The summed E-state index contributed by atoms with van der Waals surface area (Å²) in [5.41, 5.74) is 5.50. The Hall–Kier alpha value is -1.05. The molecule has 1 aromatic heterocycles. The van der Waals surface area contributed by atoms with Gasteiger partial charge < -0.3 is 5.73 Å². The Kier molecular flexibility index (Phi) is 3.89. The molecule has 1 fully saturated rings. The van der Waals surface area contributed by atoms with Crippen LogP contribution in [0.4, 0.5) is 0 Å². The van der Waals surface area contributed by atoms with E-state index in [2.05, 4.69) is 9.71 Å². The smallest absolute Gasteiger partial charge is 0.242 e. The topological polar surface area (TPSA) is 85.1 Å². The first-order valence-electron chi connectivity index (χ1n) is 6.12. The highest BCUT2D eigenvalue weighted by atomic mass is 32.2. The van der Waals surface area contributed by atoms with E-state index in [1.54, 1.807) is 0 Å². The lowest BCUT2D eigenvalue weighted by atomic mass is 10.0. The summed E-state index contributed by atoms with van der Waals surface area (Å²) in [6, 6.07) is 3.00. The zero-order valence-electron chi connectivity index (χ0n) is 10.7. The van der Waals surface area contributed by atoms with Gasteiger partial charge in [0.05, 0.1) is 5.69 Å². The fourth-order valence-corrected chi connectivity index (χ4v) is 3.86. The summed E-state index contributed by atoms with van der Waals surface area (Å²) in [6.07, 6.45) is 5.12. The summed E-state index contributed by atoms with van der Waals surface area (Å²) < 4.78 is 27.3. The highest BCUT2D eigenvalue weighted by molar-refractivity contribution is 7.89. The second-order valence-corrected chi connectivity index (χ2v) is 7.24. The SMILES string of the molecule is CC1(NS(=O)(=O)c2ccc(C(N)=S)nc2)CCCC1. The number of nitrogens with one attached hydrogen (secondary N) is 1. The summed E-state index contributed by atoms with van der Waals surface area (Å²) in [4.78, 5) is 4.25. The molecular weight excluding hydrogens is 282 g/mol. The highest BCUT2D eigenvalue weighted by Crippen LogP contribution is 2.30. The van der Waals surface area contributed by atoms with Gasteiger partial charge in [-0.3, -0.25) is 4.98 Å². The molecule has 1 aliphatic rings. The number of nitrogens with two attached hydrogens (primary N) is 1. The maximum atomic E-state index is 12.3. The van der Waals surface area contributed by atoms with Crippen LogP contribution in [0.3, 0.4) is 0 Å². The van der Waals surface area contributed by atoms with E-state index in [9.17, 15) is 8.42 Å². The Labute approximate surface area is 118 Å². The molecule has 0 radical (unpaired) electrons. The lowest BCUT2D eigenvalue weighted by Crippen LogP contribution is -2.43. The van der Waals surface area contributed by atoms with Gasteiger partial charge in [0.25, 0.3) is 0 Å². The number of hydrogen-bond donors (Lipinski definition) is 2. The molecule has 0 bridgehead atoms. The van der Waals surface area contributed by atoms with Crippen molar-refractivity contribution in [2.45, 2.75) is 43.0 Å². The lowest BCUT2D eigenvalue weighted by molar-refractivity contribution is 0.427. The Balaban J connectivity index is 2.22. The summed E-state index contributed by atoms with van der Waals surface area (Å²) in [5.74, 6) is 0. The van der Waals surface area contributed by atoms with Crippen LogP contribution in [0.1, 0.15) is 38.3 Å². The number of aromatic nitrogens is 1. The number of sulfonamides is 1. The first-order valence-corrected chi connectivity index (χ1v) is 8.01. The van der Waals surface area contributed by atoms with Gasteiger partial charge in [-0.15, -0.1) is 0 Å². The van der Waals surface area contributed by atoms with Crippen molar-refractivity contribution in [1.29, 1.82) is 0 Å². The van der Waals surface area contributed by atoms with Gasteiger partial charge in [0.2, 0.25) is 10.0 Å². The molecule has 0 spiro atoms. The van der Waals surface area contributed by atoms with Crippen LogP contribution in [-0.2, 0) is 10.0 Å². The number of hydrogen-bond acceptors (Lipinski definition) is 4. The number of nitrogens with zero attached hydrogens (tertiary/aromatic N) is 1. The van der Waals surface area contributed by atoms with Crippen molar-refractivity contribution in [3.8, 4) is 0 Å². The van der Waals surface area contributed by atoms with Crippen LogP contribution < -0.4 is 10.5 Å². The normalized spacial score (nSPS) is 18.4. The predicted octanol–water partition coefficient (Wildman–Crippen LogP) is 1.33. The van der Waals surface area contributed by atoms with Gasteiger partial charge in [0.1, 0.15) is 9.88 Å². The molecule has 0 atom stereocenters. The molecule has 0 aliphatic heterocycles. The van der Waals surface area contributed by atoms with Crippen molar-refractivity contribution in [2.24, 2.45) is 5.73 Å². The van der Waals surface area contributed by atoms with Gasteiger partial charge in [0, 0.05) is 11.7 Å². The first kappa shape index (κ1) is 14.4. The van der Waals surface area contributed by atoms with Crippen LogP contribution >= 0.6 is 12.2 Å². The molecule has 2 rings (SSSR count). The predicted molar refractivity (Wildman–Crippen MR) is 77.3 cm³/mol. The molecule has 0 saturated heterocycles. The average Bonchev–Trinajstić information content (AvgIpc) is 2.75. The van der Waals surface area contributed by atoms with E-state index >= 15 is 0 Å². The second-order valence-electron chi connectivity index (χ2n) is 5.12. The molecule has 3 N–H and O–H groups in total. The van der Waals surface area contributed by atoms with Gasteiger partial charge in [-0.25, -0.2) is 13.1 Å². The molecule has 104 valence electrons. The van der Waals surface area contributed by atoms with Crippen LogP contribution in [0.15, 0.2) is 23.2 Å². The van der Waals surface area contributed by atoms with E-state index < -0.39 is 10.0 Å². The zero-order chi connectivity index (χ0) is 14.1. The van der Waals surface area contributed by atoms with Crippen LogP contribution in [0.5, 0.6) is 0 Å². The summed E-state index contributed by atoms with van der Waals surface area (Å²) in [7, 11) is -3.54.